The van der Waals surface area contributed by atoms with Crippen LogP contribution in [0.3, 0.4) is 0 Å². The van der Waals surface area contributed by atoms with Crippen molar-refractivity contribution in [1.82, 2.24) is 14.5 Å². The normalized spacial score (nSPS) is 29.8. The standard InChI is InChI=1S/C16H20ClIN3O2/c1-3-23-16(22)10-4-6-11(7-5-10)21(2)8-12(18)13-14(17)19-9-20-15(13)21/h8-11H,3-7H2,1-2H3/q+1. The topological polar surface area (TPSA) is 52.1 Å². The second-order valence-electron chi connectivity index (χ2n) is 6.24. The third-order valence-corrected chi connectivity index (χ3v) is 6.04. The number of quaternary nitrogens is 1. The van der Waals surface area contributed by atoms with Crippen LogP contribution in [0.1, 0.15) is 38.2 Å². The van der Waals surface area contributed by atoms with Crippen LogP contribution in [0.4, 0.5) is 5.82 Å². The Morgan fingerprint density at radius 2 is 2.09 bits per heavy atom. The number of halogens is 2. The third kappa shape index (κ3) is 3.00. The fourth-order valence-corrected chi connectivity index (χ4v) is 5.14. The van der Waals surface area contributed by atoms with E-state index in [-0.39, 0.29) is 11.9 Å². The van der Waals surface area contributed by atoms with Crippen molar-refractivity contribution in [3.8, 4) is 0 Å². The minimum absolute atomic E-state index is 0.0388. The Morgan fingerprint density at radius 3 is 2.74 bits per heavy atom. The molecule has 23 heavy (non-hydrogen) atoms. The smallest absolute Gasteiger partial charge is 0.308 e. The van der Waals surface area contributed by atoms with Crippen molar-refractivity contribution in [1.29, 1.82) is 0 Å². The summed E-state index contributed by atoms with van der Waals surface area (Å²) in [6.07, 6.45) is 7.43. The summed E-state index contributed by atoms with van der Waals surface area (Å²) < 4.78 is 6.90. The highest BCUT2D eigenvalue weighted by atomic mass is 127. The lowest BCUT2D eigenvalue weighted by Gasteiger charge is -2.38. The van der Waals surface area contributed by atoms with Crippen LogP contribution in [-0.2, 0) is 9.53 Å². The molecule has 1 fully saturated rings. The van der Waals surface area contributed by atoms with Crippen molar-refractivity contribution in [2.45, 2.75) is 38.6 Å². The largest absolute Gasteiger partial charge is 0.466 e. The van der Waals surface area contributed by atoms with Crippen LogP contribution in [0, 0.1) is 5.92 Å². The van der Waals surface area contributed by atoms with Gasteiger partial charge in [0.05, 0.1) is 29.2 Å². The molecule has 1 aliphatic heterocycles. The van der Waals surface area contributed by atoms with Gasteiger partial charge in [-0.05, 0) is 42.4 Å². The van der Waals surface area contributed by atoms with Gasteiger partial charge in [-0.25, -0.2) is 9.47 Å². The lowest BCUT2D eigenvalue weighted by molar-refractivity contribution is -0.149. The van der Waals surface area contributed by atoms with Crippen molar-refractivity contribution >= 4 is 49.6 Å². The van der Waals surface area contributed by atoms with Crippen molar-refractivity contribution in [2.24, 2.45) is 5.92 Å². The summed E-state index contributed by atoms with van der Waals surface area (Å²) in [5.74, 6) is 0.955. The zero-order valence-corrected chi connectivity index (χ0v) is 16.2. The summed E-state index contributed by atoms with van der Waals surface area (Å²) in [7, 11) is 2.17. The predicted molar refractivity (Wildman–Crippen MR) is 99.1 cm³/mol. The maximum atomic E-state index is 11.9. The van der Waals surface area contributed by atoms with Crippen LogP contribution in [-0.4, -0.2) is 35.6 Å². The van der Waals surface area contributed by atoms with E-state index in [0.717, 1.165) is 40.6 Å². The lowest BCUT2D eigenvalue weighted by Crippen LogP contribution is -2.50. The summed E-state index contributed by atoms with van der Waals surface area (Å²) in [5.41, 5.74) is 0.949. The molecule has 0 amide bonds. The van der Waals surface area contributed by atoms with Gasteiger partial charge in [0.2, 0.25) is 5.82 Å². The van der Waals surface area contributed by atoms with E-state index < -0.39 is 0 Å². The average Bonchev–Trinajstić information content (AvgIpc) is 2.81. The van der Waals surface area contributed by atoms with E-state index in [2.05, 4.69) is 45.8 Å². The van der Waals surface area contributed by atoms with E-state index in [0.29, 0.717) is 22.3 Å². The molecule has 7 heteroatoms. The van der Waals surface area contributed by atoms with Gasteiger partial charge >= 0.3 is 5.97 Å². The first kappa shape index (κ1) is 17.1. The number of fused-ring (bicyclic) bond motifs is 1. The van der Waals surface area contributed by atoms with Crippen molar-refractivity contribution in [2.75, 3.05) is 13.7 Å². The third-order valence-electron chi connectivity index (χ3n) is 4.93. The molecule has 0 spiro atoms. The minimum atomic E-state index is -0.0501. The molecular weight excluding hydrogens is 429 g/mol. The maximum Gasteiger partial charge on any atom is 0.308 e. The van der Waals surface area contributed by atoms with Gasteiger partial charge in [0.1, 0.15) is 23.2 Å². The Hall–Kier alpha value is -0.730. The van der Waals surface area contributed by atoms with Crippen LogP contribution >= 0.6 is 34.2 Å². The minimum Gasteiger partial charge on any atom is -0.466 e. The van der Waals surface area contributed by atoms with Crippen LogP contribution in [0.5, 0.6) is 0 Å². The van der Waals surface area contributed by atoms with Crippen molar-refractivity contribution in [3.05, 3.63) is 23.2 Å². The number of hydrogen-bond donors (Lipinski definition) is 0. The Bertz CT molecular complexity index is 659. The molecule has 1 atom stereocenters. The molecule has 1 saturated carbocycles. The van der Waals surface area contributed by atoms with Gasteiger partial charge in [-0.1, -0.05) is 11.6 Å². The molecular formula is C16H20ClIN3O2+. The van der Waals surface area contributed by atoms with E-state index in [1.54, 1.807) is 0 Å². The van der Waals surface area contributed by atoms with Gasteiger partial charge in [-0.2, -0.15) is 4.98 Å². The Labute approximate surface area is 154 Å². The highest BCUT2D eigenvalue weighted by molar-refractivity contribution is 14.1. The first-order valence-electron chi connectivity index (χ1n) is 7.89. The number of rotatable bonds is 3. The molecule has 0 radical (unpaired) electrons. The quantitative estimate of drug-likeness (QED) is 0.304. The average molecular weight is 449 g/mol. The SMILES string of the molecule is CCOC(=O)C1CCC([N+]2(C)C=C(I)c3c(Cl)ncnc32)CC1. The zero-order chi connectivity index (χ0) is 16.6. The van der Waals surface area contributed by atoms with E-state index >= 15 is 0 Å². The molecule has 1 aromatic heterocycles. The Balaban J connectivity index is 1.80. The second-order valence-corrected chi connectivity index (χ2v) is 7.77. The van der Waals surface area contributed by atoms with E-state index in [4.69, 9.17) is 16.3 Å². The molecule has 2 aliphatic rings. The van der Waals surface area contributed by atoms with Crippen LogP contribution in [0.25, 0.3) is 3.58 Å². The number of ether oxygens (including phenoxy) is 1. The molecule has 1 unspecified atom stereocenters. The number of carbonyl (C=O) groups excluding carboxylic acids is 1. The summed E-state index contributed by atoms with van der Waals surface area (Å²) >= 11 is 8.57. The van der Waals surface area contributed by atoms with Gasteiger partial charge in [0, 0.05) is 12.8 Å². The molecule has 1 aliphatic carbocycles. The van der Waals surface area contributed by atoms with Gasteiger partial charge < -0.3 is 4.74 Å². The summed E-state index contributed by atoms with van der Waals surface area (Å²) in [6, 6.07) is 0.401. The summed E-state index contributed by atoms with van der Waals surface area (Å²) in [4.78, 5) is 20.5. The number of hydrogen-bond acceptors (Lipinski definition) is 4. The zero-order valence-electron chi connectivity index (χ0n) is 13.3. The molecule has 5 nitrogen and oxygen atoms in total. The maximum absolute atomic E-state index is 11.9. The van der Waals surface area contributed by atoms with Crippen molar-refractivity contribution < 1.29 is 9.53 Å². The first-order valence-corrected chi connectivity index (χ1v) is 9.35. The summed E-state index contributed by atoms with van der Waals surface area (Å²) in [6.45, 7) is 2.31. The molecule has 0 aromatic carbocycles. The van der Waals surface area contributed by atoms with Crippen molar-refractivity contribution in [3.63, 3.8) is 0 Å². The number of carbonyl (C=O) groups is 1. The molecule has 3 rings (SSSR count). The number of aromatic nitrogens is 2. The van der Waals surface area contributed by atoms with E-state index in [1.165, 1.54) is 6.33 Å². The Kier molecular flexibility index (Phi) is 4.94. The van der Waals surface area contributed by atoms with Crippen LogP contribution < -0.4 is 4.48 Å². The highest BCUT2D eigenvalue weighted by Crippen LogP contribution is 2.47. The first-order chi connectivity index (χ1) is 11.0. The second kappa shape index (κ2) is 6.64. The monoisotopic (exact) mass is 448 g/mol. The van der Waals surface area contributed by atoms with Gasteiger partial charge in [0.15, 0.2) is 0 Å². The van der Waals surface area contributed by atoms with Gasteiger partial charge in [0.25, 0.3) is 0 Å². The van der Waals surface area contributed by atoms with E-state index in [9.17, 15) is 4.79 Å². The van der Waals surface area contributed by atoms with Gasteiger partial charge in [-0.3, -0.25) is 4.79 Å². The molecule has 1 aromatic rings. The fraction of sp³-hybridized carbons (Fsp3) is 0.562. The summed E-state index contributed by atoms with van der Waals surface area (Å²) in [5, 5.41) is 0.512. The number of nitrogens with zero attached hydrogens (tertiary/aromatic N) is 3. The Morgan fingerprint density at radius 1 is 1.39 bits per heavy atom. The molecule has 0 bridgehead atoms. The predicted octanol–water partition coefficient (Wildman–Crippen LogP) is 3.94. The number of esters is 1. The highest BCUT2D eigenvalue weighted by Gasteiger charge is 2.45. The van der Waals surface area contributed by atoms with E-state index in [1.807, 2.05) is 6.92 Å². The van der Waals surface area contributed by atoms with Gasteiger partial charge in [-0.15, -0.1) is 0 Å². The molecule has 0 saturated heterocycles. The molecule has 124 valence electrons. The van der Waals surface area contributed by atoms with Crippen LogP contribution in [0.15, 0.2) is 12.5 Å². The van der Waals surface area contributed by atoms with Crippen LogP contribution in [0.2, 0.25) is 5.15 Å². The lowest BCUT2D eigenvalue weighted by atomic mass is 9.84. The molecule has 0 N–H and O–H groups in total. The fourth-order valence-electron chi connectivity index (χ4n) is 3.67. The molecule has 2 heterocycles.